The summed E-state index contributed by atoms with van der Waals surface area (Å²) in [5.41, 5.74) is 2.97. The molecule has 0 saturated heterocycles. The molecule has 5 rings (SSSR count). The molecule has 0 radical (unpaired) electrons. The van der Waals surface area contributed by atoms with Crippen molar-refractivity contribution < 1.29 is 28.1 Å². The van der Waals surface area contributed by atoms with Gasteiger partial charge in [0.05, 0.1) is 17.2 Å². The maximum atomic E-state index is 14.2. The van der Waals surface area contributed by atoms with Gasteiger partial charge in [-0.1, -0.05) is 33.6 Å². The first-order chi connectivity index (χ1) is 15.9. The van der Waals surface area contributed by atoms with Gasteiger partial charge in [0, 0.05) is 26.7 Å². The molecular weight excluding hydrogens is 515 g/mol. The molecule has 0 atom stereocenters. The highest BCUT2D eigenvalue weighted by molar-refractivity contribution is 9.10. The second kappa shape index (κ2) is 8.82. The van der Waals surface area contributed by atoms with Crippen molar-refractivity contribution >= 4 is 39.4 Å². The van der Waals surface area contributed by atoms with Crippen LogP contribution >= 0.6 is 27.5 Å². The summed E-state index contributed by atoms with van der Waals surface area (Å²) < 4.78 is 38.0. The first kappa shape index (κ1) is 21.9. The summed E-state index contributed by atoms with van der Waals surface area (Å²) in [6, 6.07) is 11.6. The predicted octanol–water partition coefficient (Wildman–Crippen LogP) is 6.61. The molecular formula is C25H17BrClFO5. The normalized spacial score (nSPS) is 15.6. The molecule has 0 fully saturated rings. The number of halogens is 3. The molecule has 5 nitrogen and oxygen atoms in total. The van der Waals surface area contributed by atoms with Crippen molar-refractivity contribution in [2.45, 2.75) is 20.1 Å². The third-order valence-corrected chi connectivity index (χ3v) is 6.23. The molecule has 0 aliphatic carbocycles. The third-order valence-electron chi connectivity index (χ3n) is 5.45. The molecule has 0 spiro atoms. The molecule has 0 saturated carbocycles. The van der Waals surface area contributed by atoms with Crippen LogP contribution in [0.5, 0.6) is 17.2 Å². The number of ketones is 1. The average molecular weight is 532 g/mol. The molecule has 8 heteroatoms. The minimum absolute atomic E-state index is 0.00621. The van der Waals surface area contributed by atoms with Crippen LogP contribution in [0.15, 0.2) is 52.7 Å². The second-order valence-electron chi connectivity index (χ2n) is 7.59. The van der Waals surface area contributed by atoms with E-state index in [0.29, 0.717) is 29.2 Å². The Hall–Kier alpha value is -2.87. The van der Waals surface area contributed by atoms with Gasteiger partial charge in [-0.25, -0.2) is 4.39 Å². The lowest BCUT2D eigenvalue weighted by atomic mass is 10.1. The average Bonchev–Trinajstić information content (AvgIpc) is 3.12. The Morgan fingerprint density at radius 3 is 2.88 bits per heavy atom. The molecule has 0 N–H and O–H groups in total. The quantitative estimate of drug-likeness (QED) is 0.355. The van der Waals surface area contributed by atoms with E-state index in [4.69, 9.17) is 30.5 Å². The van der Waals surface area contributed by atoms with E-state index >= 15 is 0 Å². The van der Waals surface area contributed by atoms with Crippen molar-refractivity contribution in [3.05, 3.63) is 91.4 Å². The predicted molar refractivity (Wildman–Crippen MR) is 124 cm³/mol. The fourth-order valence-electron chi connectivity index (χ4n) is 3.82. The van der Waals surface area contributed by atoms with Gasteiger partial charge >= 0.3 is 0 Å². The van der Waals surface area contributed by atoms with E-state index in [2.05, 4.69) is 15.9 Å². The van der Waals surface area contributed by atoms with Crippen molar-refractivity contribution in [1.82, 2.24) is 0 Å². The van der Waals surface area contributed by atoms with Gasteiger partial charge < -0.3 is 18.9 Å². The highest BCUT2D eigenvalue weighted by atomic mass is 79.9. The third kappa shape index (κ3) is 4.12. The summed E-state index contributed by atoms with van der Waals surface area (Å²) in [7, 11) is 0. The molecule has 0 bridgehead atoms. The number of fused-ring (bicyclic) bond motifs is 2. The van der Waals surface area contributed by atoms with E-state index in [-0.39, 0.29) is 35.5 Å². The Balaban J connectivity index is 1.41. The Bertz CT molecular complexity index is 1300. The van der Waals surface area contributed by atoms with Gasteiger partial charge in [-0.3, -0.25) is 4.79 Å². The fraction of sp³-hybridized carbons (Fsp3) is 0.160. The van der Waals surface area contributed by atoms with Crippen molar-refractivity contribution in [3.63, 3.8) is 0 Å². The number of rotatable bonds is 4. The van der Waals surface area contributed by atoms with Gasteiger partial charge in [0.1, 0.15) is 29.7 Å². The molecule has 2 heterocycles. The number of benzene rings is 3. The van der Waals surface area contributed by atoms with Crippen molar-refractivity contribution in [3.8, 4) is 17.2 Å². The molecule has 2 aliphatic rings. The van der Waals surface area contributed by atoms with Crippen LogP contribution in [-0.2, 0) is 18.0 Å². The van der Waals surface area contributed by atoms with Crippen LogP contribution in [0.3, 0.4) is 0 Å². The van der Waals surface area contributed by atoms with Crippen LogP contribution in [0.25, 0.3) is 6.08 Å². The monoisotopic (exact) mass is 530 g/mol. The largest absolute Gasteiger partial charge is 0.488 e. The van der Waals surface area contributed by atoms with Crippen LogP contribution in [0.4, 0.5) is 4.39 Å². The van der Waals surface area contributed by atoms with Crippen LogP contribution in [0, 0.1) is 12.7 Å². The molecule has 168 valence electrons. The van der Waals surface area contributed by atoms with Crippen LogP contribution in [0.2, 0.25) is 5.02 Å². The van der Waals surface area contributed by atoms with E-state index in [1.807, 2.05) is 12.1 Å². The molecule has 3 aromatic rings. The Morgan fingerprint density at radius 2 is 2.06 bits per heavy atom. The van der Waals surface area contributed by atoms with E-state index in [1.165, 1.54) is 18.2 Å². The van der Waals surface area contributed by atoms with E-state index < -0.39 is 5.82 Å². The lowest BCUT2D eigenvalue weighted by molar-refractivity contribution is -0.0176. The van der Waals surface area contributed by atoms with Gasteiger partial charge in [0.2, 0.25) is 5.78 Å². The lowest BCUT2D eigenvalue weighted by Crippen LogP contribution is -2.14. The summed E-state index contributed by atoms with van der Waals surface area (Å²) in [5.74, 6) is 0.833. The summed E-state index contributed by atoms with van der Waals surface area (Å²) in [4.78, 5) is 12.8. The summed E-state index contributed by atoms with van der Waals surface area (Å²) in [5, 5.41) is 0.195. The molecule has 2 aliphatic heterocycles. The number of carbonyl (C=O) groups excluding carboxylic acids is 1. The van der Waals surface area contributed by atoms with Gasteiger partial charge in [-0.15, -0.1) is 0 Å². The van der Waals surface area contributed by atoms with Crippen molar-refractivity contribution in [1.29, 1.82) is 0 Å². The van der Waals surface area contributed by atoms with Crippen LogP contribution in [-0.4, -0.2) is 12.6 Å². The van der Waals surface area contributed by atoms with Gasteiger partial charge in [0.15, 0.2) is 12.6 Å². The SMILES string of the molecule is Cc1c(OCc2cc(Br)cc3c2OCOC3)ccc2c1O/C(=C\c1c(F)cccc1Cl)C2=O. The Kier molecular flexibility index (Phi) is 5.86. The summed E-state index contributed by atoms with van der Waals surface area (Å²) in [6.07, 6.45) is 1.33. The van der Waals surface area contributed by atoms with Crippen LogP contribution < -0.4 is 14.2 Å². The fourth-order valence-corrected chi connectivity index (χ4v) is 4.59. The maximum absolute atomic E-state index is 14.2. The zero-order valence-corrected chi connectivity index (χ0v) is 19.8. The number of ether oxygens (including phenoxy) is 4. The standard InChI is InChI=1S/C25H17BrClFO5/c1-13-21(31-11-15-8-16(26)7-14-10-30-12-32-25(14)15)6-5-17-23(29)22(33-24(13)17)9-18-19(27)3-2-4-20(18)28/h2-9H,10-12H2,1H3/b22-9-. The number of hydrogen-bond acceptors (Lipinski definition) is 5. The first-order valence-electron chi connectivity index (χ1n) is 10.1. The Labute approximate surface area is 202 Å². The highest BCUT2D eigenvalue weighted by Gasteiger charge is 2.31. The first-order valence-corrected chi connectivity index (χ1v) is 11.3. The summed E-state index contributed by atoms with van der Waals surface area (Å²) in [6.45, 7) is 2.72. The zero-order chi connectivity index (χ0) is 23.1. The van der Waals surface area contributed by atoms with E-state index in [1.54, 1.807) is 25.1 Å². The van der Waals surface area contributed by atoms with Gasteiger partial charge in [0.25, 0.3) is 0 Å². The highest BCUT2D eigenvalue weighted by Crippen LogP contribution is 2.40. The molecule has 3 aromatic carbocycles. The lowest BCUT2D eigenvalue weighted by Gasteiger charge is -2.21. The van der Waals surface area contributed by atoms with Crippen molar-refractivity contribution in [2.24, 2.45) is 0 Å². The van der Waals surface area contributed by atoms with Gasteiger partial charge in [-0.2, -0.15) is 0 Å². The molecule has 0 aromatic heterocycles. The van der Waals surface area contributed by atoms with E-state index in [9.17, 15) is 9.18 Å². The minimum atomic E-state index is -0.534. The molecule has 33 heavy (non-hydrogen) atoms. The number of carbonyl (C=O) groups is 1. The smallest absolute Gasteiger partial charge is 0.231 e. The number of Topliss-reactive ketones (excluding diaryl/α,β-unsaturated/α-hetero) is 1. The number of allylic oxidation sites excluding steroid dienone is 1. The molecule has 0 unspecified atom stereocenters. The topological polar surface area (TPSA) is 54.0 Å². The zero-order valence-electron chi connectivity index (χ0n) is 17.4. The minimum Gasteiger partial charge on any atom is -0.488 e. The van der Waals surface area contributed by atoms with E-state index in [0.717, 1.165) is 21.3 Å². The number of hydrogen-bond donors (Lipinski definition) is 0. The second-order valence-corrected chi connectivity index (χ2v) is 8.92. The summed E-state index contributed by atoms with van der Waals surface area (Å²) >= 11 is 9.60. The Morgan fingerprint density at radius 1 is 1.21 bits per heavy atom. The molecule has 0 amide bonds. The van der Waals surface area contributed by atoms with Gasteiger partial charge in [-0.05, 0) is 49.4 Å². The van der Waals surface area contributed by atoms with Crippen LogP contribution in [0.1, 0.15) is 32.6 Å². The maximum Gasteiger partial charge on any atom is 0.231 e. The van der Waals surface area contributed by atoms with Crippen molar-refractivity contribution in [2.75, 3.05) is 6.79 Å².